The number of hydrogen-bond donors (Lipinski definition) is 2. The van der Waals surface area contributed by atoms with Gasteiger partial charge in [-0.05, 0) is 37.1 Å². The average Bonchev–Trinajstić information content (AvgIpc) is 2.75. The van der Waals surface area contributed by atoms with E-state index in [0.717, 1.165) is 24.3 Å². The lowest BCUT2D eigenvalue weighted by Gasteiger charge is -2.08. The zero-order chi connectivity index (χ0) is 25.5. The fourth-order valence-electron chi connectivity index (χ4n) is 2.78. The van der Waals surface area contributed by atoms with Crippen LogP contribution in [0.2, 0.25) is 10.0 Å². The third kappa shape index (κ3) is 7.58. The van der Waals surface area contributed by atoms with Crippen molar-refractivity contribution in [3.05, 3.63) is 66.7 Å². The van der Waals surface area contributed by atoms with Crippen LogP contribution in [-0.2, 0) is 20.0 Å². The molecule has 0 aromatic heterocycles. The molecule has 2 aromatic carbocycles. The quantitative estimate of drug-likeness (QED) is 0.214. The largest absolute Gasteiger partial charge is 0.289 e. The van der Waals surface area contributed by atoms with Crippen molar-refractivity contribution in [1.82, 2.24) is 9.44 Å². The minimum atomic E-state index is -3.96. The molecule has 0 saturated heterocycles. The maximum atomic E-state index is 12.3. The van der Waals surface area contributed by atoms with Crippen LogP contribution in [0.5, 0.6) is 0 Å². The van der Waals surface area contributed by atoms with Crippen LogP contribution in [0.3, 0.4) is 0 Å². The number of rotatable bonds is 13. The standard InChI is InChI=1S/C18H20Cl2N4O8S2/c19-15-7-5-13(11-17(15)23(25)26)33(29,30)21-9-3-1-2-4-10-22-34(31,32)14-6-8-16(20)18(12-14)24(27)28/h5-8,11-12,21-22H,1-4,9-10H2. The first-order chi connectivity index (χ1) is 15.8. The summed E-state index contributed by atoms with van der Waals surface area (Å²) in [5.74, 6) is 0. The minimum absolute atomic E-state index is 0.0823. The number of nitrogens with zero attached hydrogens (tertiary/aromatic N) is 2. The maximum absolute atomic E-state index is 12.3. The number of nitrogens with one attached hydrogen (secondary N) is 2. The number of nitro benzene ring substituents is 2. The predicted molar refractivity (Wildman–Crippen MR) is 125 cm³/mol. The molecule has 0 unspecified atom stereocenters. The van der Waals surface area contributed by atoms with Crippen LogP contribution in [0.25, 0.3) is 0 Å². The SMILES string of the molecule is O=[N+]([O-])c1cc(S(=O)(=O)NCCCCCCNS(=O)(=O)c2ccc(Cl)c([N+](=O)[O-])c2)ccc1Cl. The fourth-order valence-corrected chi connectivity index (χ4v) is 5.34. The maximum Gasteiger partial charge on any atom is 0.289 e. The smallest absolute Gasteiger partial charge is 0.258 e. The van der Waals surface area contributed by atoms with Crippen LogP contribution in [0.1, 0.15) is 25.7 Å². The van der Waals surface area contributed by atoms with Crippen LogP contribution in [-0.4, -0.2) is 39.8 Å². The molecular weight excluding hydrogens is 535 g/mol. The van der Waals surface area contributed by atoms with Gasteiger partial charge in [0.2, 0.25) is 20.0 Å². The highest BCUT2D eigenvalue weighted by molar-refractivity contribution is 7.89. The van der Waals surface area contributed by atoms with E-state index < -0.39 is 41.3 Å². The molecule has 0 aliphatic heterocycles. The number of unbranched alkanes of at least 4 members (excludes halogenated alkanes) is 3. The second-order valence-electron chi connectivity index (χ2n) is 6.95. The molecule has 0 radical (unpaired) electrons. The van der Waals surface area contributed by atoms with E-state index in [1.54, 1.807) is 0 Å². The number of halogens is 2. The molecule has 16 heteroatoms. The lowest BCUT2D eigenvalue weighted by molar-refractivity contribution is -0.385. The average molecular weight is 555 g/mol. The Kier molecular flexibility index (Phi) is 9.73. The number of sulfonamides is 2. The van der Waals surface area contributed by atoms with E-state index in [4.69, 9.17) is 23.2 Å². The molecule has 0 aliphatic rings. The molecule has 2 N–H and O–H groups in total. The van der Waals surface area contributed by atoms with Crippen molar-refractivity contribution >= 4 is 54.6 Å². The van der Waals surface area contributed by atoms with Crippen molar-refractivity contribution < 1.29 is 26.7 Å². The lowest BCUT2D eigenvalue weighted by atomic mass is 10.2. The summed E-state index contributed by atoms with van der Waals surface area (Å²) < 4.78 is 53.8. The topological polar surface area (TPSA) is 179 Å². The minimum Gasteiger partial charge on any atom is -0.258 e. The molecule has 0 saturated carbocycles. The Morgan fingerprint density at radius 1 is 0.676 bits per heavy atom. The molecular formula is C18H20Cl2N4O8S2. The van der Waals surface area contributed by atoms with E-state index in [0.29, 0.717) is 25.7 Å². The molecule has 186 valence electrons. The summed E-state index contributed by atoms with van der Waals surface area (Å²) in [6, 6.07) is 6.37. The highest BCUT2D eigenvalue weighted by Gasteiger charge is 2.21. The second kappa shape index (κ2) is 11.9. The summed E-state index contributed by atoms with van der Waals surface area (Å²) in [5, 5.41) is 21.5. The van der Waals surface area contributed by atoms with Gasteiger partial charge in [-0.1, -0.05) is 36.0 Å². The third-order valence-electron chi connectivity index (χ3n) is 4.54. The monoisotopic (exact) mass is 554 g/mol. The molecule has 0 amide bonds. The molecule has 34 heavy (non-hydrogen) atoms. The summed E-state index contributed by atoms with van der Waals surface area (Å²) in [4.78, 5) is 19.7. The van der Waals surface area contributed by atoms with Crippen molar-refractivity contribution in [1.29, 1.82) is 0 Å². The highest BCUT2D eigenvalue weighted by Crippen LogP contribution is 2.28. The molecule has 0 atom stereocenters. The van der Waals surface area contributed by atoms with Crippen molar-refractivity contribution in [3.63, 3.8) is 0 Å². The molecule has 0 fully saturated rings. The summed E-state index contributed by atoms with van der Waals surface area (Å²) in [7, 11) is -7.91. The van der Waals surface area contributed by atoms with Crippen molar-refractivity contribution in [2.45, 2.75) is 35.5 Å². The van der Waals surface area contributed by atoms with Crippen molar-refractivity contribution in [3.8, 4) is 0 Å². The van der Waals surface area contributed by atoms with E-state index in [2.05, 4.69) is 9.44 Å². The predicted octanol–water partition coefficient (Wildman–Crippen LogP) is 3.63. The summed E-state index contributed by atoms with van der Waals surface area (Å²) in [6.45, 7) is 0.165. The molecule has 2 aromatic rings. The zero-order valence-electron chi connectivity index (χ0n) is 17.4. The van der Waals surface area contributed by atoms with E-state index in [1.807, 2.05) is 0 Å². The molecule has 0 aliphatic carbocycles. The lowest BCUT2D eigenvalue weighted by Crippen LogP contribution is -2.25. The van der Waals surface area contributed by atoms with Gasteiger partial charge in [-0.25, -0.2) is 26.3 Å². The van der Waals surface area contributed by atoms with Gasteiger partial charge in [0.05, 0.1) is 19.6 Å². The first kappa shape index (κ1) is 27.9. The number of hydrogen-bond acceptors (Lipinski definition) is 8. The zero-order valence-corrected chi connectivity index (χ0v) is 20.6. The summed E-state index contributed by atoms with van der Waals surface area (Å²) >= 11 is 11.4. The van der Waals surface area contributed by atoms with Gasteiger partial charge >= 0.3 is 0 Å². The van der Waals surface area contributed by atoms with Crippen molar-refractivity contribution in [2.75, 3.05) is 13.1 Å². The van der Waals surface area contributed by atoms with Crippen molar-refractivity contribution in [2.24, 2.45) is 0 Å². The molecule has 0 bridgehead atoms. The summed E-state index contributed by atoms with van der Waals surface area (Å²) in [6.07, 6.45) is 2.06. The Bertz CT molecular complexity index is 1190. The van der Waals surface area contributed by atoms with Gasteiger partial charge in [0.1, 0.15) is 10.0 Å². The van der Waals surface area contributed by atoms with Gasteiger partial charge in [0, 0.05) is 25.2 Å². The van der Waals surface area contributed by atoms with E-state index in [-0.39, 0.29) is 32.9 Å². The van der Waals surface area contributed by atoms with Crippen LogP contribution < -0.4 is 9.44 Å². The van der Waals surface area contributed by atoms with Gasteiger partial charge in [-0.15, -0.1) is 0 Å². The van der Waals surface area contributed by atoms with Crippen LogP contribution in [0.4, 0.5) is 11.4 Å². The summed E-state index contributed by atoms with van der Waals surface area (Å²) in [5.41, 5.74) is -1.03. The Hall–Kier alpha value is -2.36. The van der Waals surface area contributed by atoms with Gasteiger partial charge in [-0.2, -0.15) is 0 Å². The third-order valence-corrected chi connectivity index (χ3v) is 8.09. The molecule has 0 spiro atoms. The highest BCUT2D eigenvalue weighted by atomic mass is 35.5. The molecule has 2 rings (SSSR count). The van der Waals surface area contributed by atoms with E-state index in [1.165, 1.54) is 12.1 Å². The van der Waals surface area contributed by atoms with Gasteiger partial charge in [0.15, 0.2) is 0 Å². The first-order valence-corrected chi connectivity index (χ1v) is 13.4. The Morgan fingerprint density at radius 2 is 1.03 bits per heavy atom. The Morgan fingerprint density at radius 3 is 1.35 bits per heavy atom. The number of nitro groups is 2. The normalized spacial score (nSPS) is 11.9. The Balaban J connectivity index is 1.76. The Labute approximate surface area is 205 Å². The first-order valence-electron chi connectivity index (χ1n) is 9.72. The fraction of sp³-hybridized carbons (Fsp3) is 0.333. The molecule has 0 heterocycles. The van der Waals surface area contributed by atoms with Gasteiger partial charge < -0.3 is 0 Å². The van der Waals surface area contributed by atoms with Crippen LogP contribution in [0.15, 0.2) is 46.2 Å². The second-order valence-corrected chi connectivity index (χ2v) is 11.3. The van der Waals surface area contributed by atoms with Gasteiger partial charge in [-0.3, -0.25) is 20.2 Å². The van der Waals surface area contributed by atoms with E-state index >= 15 is 0 Å². The van der Waals surface area contributed by atoms with Crippen LogP contribution >= 0.6 is 23.2 Å². The molecule has 12 nitrogen and oxygen atoms in total. The van der Waals surface area contributed by atoms with Gasteiger partial charge in [0.25, 0.3) is 11.4 Å². The van der Waals surface area contributed by atoms with Crippen LogP contribution in [0, 0.1) is 20.2 Å². The number of benzene rings is 2. The van der Waals surface area contributed by atoms with E-state index in [9.17, 15) is 37.1 Å².